The summed E-state index contributed by atoms with van der Waals surface area (Å²) in [6, 6.07) is 0. The fraction of sp³-hybridized carbons (Fsp3) is 0.917. The topological polar surface area (TPSA) is 49.8 Å². The van der Waals surface area contributed by atoms with Crippen molar-refractivity contribution < 1.29 is 14.6 Å². The number of carbonyl (C=O) groups is 1. The van der Waals surface area contributed by atoms with Gasteiger partial charge in [0.1, 0.15) is 5.60 Å². The van der Waals surface area contributed by atoms with Crippen LogP contribution in [0.4, 0.5) is 0 Å². The van der Waals surface area contributed by atoms with Gasteiger partial charge >= 0.3 is 0 Å². The van der Waals surface area contributed by atoms with Gasteiger partial charge in [-0.05, 0) is 26.7 Å². The van der Waals surface area contributed by atoms with Crippen LogP contribution in [0.15, 0.2) is 0 Å². The van der Waals surface area contributed by atoms with Gasteiger partial charge < -0.3 is 14.7 Å². The summed E-state index contributed by atoms with van der Waals surface area (Å²) in [7, 11) is 1.55. The van der Waals surface area contributed by atoms with E-state index in [1.54, 1.807) is 21.0 Å². The zero-order valence-electron chi connectivity index (χ0n) is 10.7. The number of aliphatic hydroxyl groups excluding tert-OH is 1. The van der Waals surface area contributed by atoms with Crippen LogP contribution in [0.1, 0.15) is 33.6 Å². The van der Waals surface area contributed by atoms with Crippen LogP contribution >= 0.6 is 0 Å². The van der Waals surface area contributed by atoms with Crippen molar-refractivity contribution in [2.75, 3.05) is 20.2 Å². The second-order valence-electron chi connectivity index (χ2n) is 4.99. The van der Waals surface area contributed by atoms with Gasteiger partial charge in [-0.3, -0.25) is 4.79 Å². The Kier molecular flexibility index (Phi) is 4.33. The fourth-order valence-electron chi connectivity index (χ4n) is 2.07. The van der Waals surface area contributed by atoms with E-state index in [1.165, 1.54) is 0 Å². The Morgan fingerprint density at radius 3 is 2.69 bits per heavy atom. The van der Waals surface area contributed by atoms with Crippen molar-refractivity contribution in [2.45, 2.75) is 45.3 Å². The molecule has 4 heteroatoms. The number of amides is 1. The molecule has 0 aromatic heterocycles. The van der Waals surface area contributed by atoms with Crippen LogP contribution in [-0.4, -0.2) is 47.8 Å². The predicted octanol–water partition coefficient (Wildman–Crippen LogP) is 1.03. The standard InChI is InChI=1S/C12H23NO3/c1-5-9-8-13(7-6-10(9)14)11(15)12(2,3)16-4/h9-10,14H,5-8H2,1-4H3. The second-order valence-corrected chi connectivity index (χ2v) is 4.99. The van der Waals surface area contributed by atoms with E-state index in [2.05, 4.69) is 0 Å². The molecule has 1 saturated heterocycles. The Hall–Kier alpha value is -0.610. The van der Waals surface area contributed by atoms with Crippen molar-refractivity contribution in [3.8, 4) is 0 Å². The number of piperidine rings is 1. The van der Waals surface area contributed by atoms with Crippen LogP contribution in [0.2, 0.25) is 0 Å². The smallest absolute Gasteiger partial charge is 0.254 e. The van der Waals surface area contributed by atoms with Gasteiger partial charge in [0.15, 0.2) is 0 Å². The summed E-state index contributed by atoms with van der Waals surface area (Å²) in [6.07, 6.45) is 1.31. The summed E-state index contributed by atoms with van der Waals surface area (Å²) in [5.41, 5.74) is -0.763. The number of rotatable bonds is 3. The van der Waals surface area contributed by atoms with Gasteiger partial charge in [-0.15, -0.1) is 0 Å². The summed E-state index contributed by atoms with van der Waals surface area (Å²) in [5, 5.41) is 9.76. The number of hydrogen-bond donors (Lipinski definition) is 1. The number of methoxy groups -OCH3 is 1. The summed E-state index contributed by atoms with van der Waals surface area (Å²) in [6.45, 7) is 6.87. The zero-order valence-corrected chi connectivity index (χ0v) is 10.7. The summed E-state index contributed by atoms with van der Waals surface area (Å²) in [5.74, 6) is 0.214. The van der Waals surface area contributed by atoms with Crippen LogP contribution in [0, 0.1) is 5.92 Å². The lowest BCUT2D eigenvalue weighted by molar-refractivity contribution is -0.154. The Bertz CT molecular complexity index is 253. The molecule has 1 rings (SSSR count). The summed E-state index contributed by atoms with van der Waals surface area (Å²) in [4.78, 5) is 13.9. The quantitative estimate of drug-likeness (QED) is 0.786. The molecule has 16 heavy (non-hydrogen) atoms. The first-order valence-electron chi connectivity index (χ1n) is 5.95. The normalized spacial score (nSPS) is 26.9. The van der Waals surface area contributed by atoms with Crippen molar-refractivity contribution >= 4 is 5.91 Å². The van der Waals surface area contributed by atoms with E-state index < -0.39 is 5.60 Å². The Labute approximate surface area is 97.6 Å². The molecular formula is C12H23NO3. The van der Waals surface area contributed by atoms with E-state index in [4.69, 9.17) is 4.74 Å². The van der Waals surface area contributed by atoms with Crippen molar-refractivity contribution in [3.05, 3.63) is 0 Å². The highest BCUT2D eigenvalue weighted by Crippen LogP contribution is 2.23. The minimum absolute atomic E-state index is 0.0142. The molecule has 0 saturated carbocycles. The molecule has 1 N–H and O–H groups in total. The number of carbonyl (C=O) groups excluding carboxylic acids is 1. The third-order valence-electron chi connectivity index (χ3n) is 3.53. The molecule has 1 amide bonds. The molecule has 1 aliphatic rings. The Morgan fingerprint density at radius 1 is 1.56 bits per heavy atom. The van der Waals surface area contributed by atoms with Crippen LogP contribution in [0.5, 0.6) is 0 Å². The number of ether oxygens (including phenoxy) is 1. The van der Waals surface area contributed by atoms with E-state index in [0.29, 0.717) is 19.5 Å². The predicted molar refractivity (Wildman–Crippen MR) is 62.1 cm³/mol. The maximum atomic E-state index is 12.1. The lowest BCUT2D eigenvalue weighted by Gasteiger charge is -2.39. The summed E-state index contributed by atoms with van der Waals surface area (Å²) >= 11 is 0. The van der Waals surface area contributed by atoms with Crippen molar-refractivity contribution in [1.82, 2.24) is 4.90 Å². The van der Waals surface area contributed by atoms with Gasteiger partial charge in [0.2, 0.25) is 0 Å². The van der Waals surface area contributed by atoms with Gasteiger partial charge in [0.05, 0.1) is 6.10 Å². The lowest BCUT2D eigenvalue weighted by Crippen LogP contribution is -2.52. The molecule has 0 aliphatic carbocycles. The molecule has 1 fully saturated rings. The molecule has 0 aromatic carbocycles. The lowest BCUT2D eigenvalue weighted by atomic mass is 9.91. The van der Waals surface area contributed by atoms with Gasteiger partial charge in [0.25, 0.3) is 5.91 Å². The number of likely N-dealkylation sites (tertiary alicyclic amines) is 1. The van der Waals surface area contributed by atoms with E-state index in [9.17, 15) is 9.90 Å². The highest BCUT2D eigenvalue weighted by atomic mass is 16.5. The van der Waals surface area contributed by atoms with Crippen LogP contribution in [0.3, 0.4) is 0 Å². The number of aliphatic hydroxyl groups is 1. The Morgan fingerprint density at radius 2 is 2.19 bits per heavy atom. The van der Waals surface area contributed by atoms with E-state index in [-0.39, 0.29) is 17.9 Å². The highest BCUT2D eigenvalue weighted by Gasteiger charge is 2.36. The average Bonchev–Trinajstić information content (AvgIpc) is 2.28. The zero-order chi connectivity index (χ0) is 12.3. The van der Waals surface area contributed by atoms with Gasteiger partial charge in [-0.1, -0.05) is 6.92 Å². The molecule has 0 bridgehead atoms. The van der Waals surface area contributed by atoms with Crippen LogP contribution in [-0.2, 0) is 9.53 Å². The van der Waals surface area contributed by atoms with Gasteiger partial charge in [-0.2, -0.15) is 0 Å². The fourth-order valence-corrected chi connectivity index (χ4v) is 2.07. The van der Waals surface area contributed by atoms with E-state index >= 15 is 0 Å². The largest absolute Gasteiger partial charge is 0.393 e. The third kappa shape index (κ3) is 2.74. The first kappa shape index (κ1) is 13.5. The molecule has 2 unspecified atom stereocenters. The Balaban J connectivity index is 2.65. The number of hydrogen-bond acceptors (Lipinski definition) is 3. The highest BCUT2D eigenvalue weighted by molar-refractivity contribution is 5.84. The van der Waals surface area contributed by atoms with E-state index in [0.717, 1.165) is 6.42 Å². The molecule has 1 aliphatic heterocycles. The third-order valence-corrected chi connectivity index (χ3v) is 3.53. The van der Waals surface area contributed by atoms with E-state index in [1.807, 2.05) is 11.8 Å². The SMILES string of the molecule is CCC1CN(C(=O)C(C)(C)OC)CCC1O. The molecule has 94 valence electrons. The maximum Gasteiger partial charge on any atom is 0.254 e. The first-order valence-corrected chi connectivity index (χ1v) is 5.95. The molecule has 0 radical (unpaired) electrons. The molecule has 0 aromatic rings. The minimum Gasteiger partial charge on any atom is -0.393 e. The summed E-state index contributed by atoms with van der Waals surface area (Å²) < 4.78 is 5.19. The molecule has 0 spiro atoms. The molecule has 1 heterocycles. The van der Waals surface area contributed by atoms with Crippen LogP contribution in [0.25, 0.3) is 0 Å². The van der Waals surface area contributed by atoms with Crippen molar-refractivity contribution in [3.63, 3.8) is 0 Å². The number of nitrogens with zero attached hydrogens (tertiary/aromatic N) is 1. The van der Waals surface area contributed by atoms with Gasteiger partial charge in [0, 0.05) is 26.1 Å². The maximum absolute atomic E-state index is 12.1. The average molecular weight is 229 g/mol. The van der Waals surface area contributed by atoms with Gasteiger partial charge in [-0.25, -0.2) is 0 Å². The van der Waals surface area contributed by atoms with Crippen molar-refractivity contribution in [2.24, 2.45) is 5.92 Å². The second kappa shape index (κ2) is 5.15. The monoisotopic (exact) mass is 229 g/mol. The molecule has 2 atom stereocenters. The molecular weight excluding hydrogens is 206 g/mol. The van der Waals surface area contributed by atoms with Crippen molar-refractivity contribution in [1.29, 1.82) is 0 Å². The van der Waals surface area contributed by atoms with Crippen LogP contribution < -0.4 is 0 Å². The first-order chi connectivity index (χ1) is 7.42. The molecule has 4 nitrogen and oxygen atoms in total. The minimum atomic E-state index is -0.763.